The first kappa shape index (κ1) is 8.35. The van der Waals surface area contributed by atoms with Crippen molar-refractivity contribution in [3.8, 4) is 0 Å². The number of rotatable bonds is 4. The van der Waals surface area contributed by atoms with Crippen molar-refractivity contribution in [2.45, 2.75) is 0 Å². The number of nitro groups is 1. The molecule has 5 heteroatoms. The molecule has 0 amide bonds. The number of carbonyl (C=O) groups is 1. The third-order valence-electron chi connectivity index (χ3n) is 0.577. The van der Waals surface area contributed by atoms with Gasteiger partial charge in [-0.2, -0.15) is 0 Å². The average Bonchev–Trinajstić information content (AvgIpc) is 1.87. The minimum atomic E-state index is -0.703. The maximum atomic E-state index is 9.63. The van der Waals surface area contributed by atoms with Crippen molar-refractivity contribution >= 4 is 6.29 Å². The van der Waals surface area contributed by atoms with E-state index in [1.165, 1.54) is 18.2 Å². The summed E-state index contributed by atoms with van der Waals surface area (Å²) in [5, 5.41) is 8.88. The van der Waals surface area contributed by atoms with Gasteiger partial charge in [-0.1, -0.05) is 6.08 Å². The monoisotopic (exact) mass is 142 g/mol. The number of carbonyl (C=O) groups excluding carboxylic acids is 1. The number of hydrogen-bond donors (Lipinski definition) is 1. The van der Waals surface area contributed by atoms with Crippen molar-refractivity contribution in [1.82, 2.24) is 5.43 Å². The number of nitrogens with zero attached hydrogens (tertiary/aromatic N) is 1. The first-order valence-corrected chi connectivity index (χ1v) is 2.45. The van der Waals surface area contributed by atoms with Crippen LogP contribution in [0.2, 0.25) is 0 Å². The highest BCUT2D eigenvalue weighted by atomic mass is 16.7. The SMILES string of the molecule is O=C/C=C/C=C/N[N+](=O)[O-]. The van der Waals surface area contributed by atoms with Crippen LogP contribution in [-0.4, -0.2) is 11.3 Å². The smallest absolute Gasteiger partial charge is 0.161 e. The number of nitrogens with one attached hydrogen (secondary N) is 1. The van der Waals surface area contributed by atoms with Gasteiger partial charge in [0, 0.05) is 0 Å². The maximum absolute atomic E-state index is 9.63. The molecule has 0 aromatic heterocycles. The number of hydrogen-bond acceptors (Lipinski definition) is 3. The van der Waals surface area contributed by atoms with E-state index in [0.29, 0.717) is 6.29 Å². The van der Waals surface area contributed by atoms with Crippen molar-refractivity contribution in [2.24, 2.45) is 0 Å². The van der Waals surface area contributed by atoms with Crippen molar-refractivity contribution in [3.63, 3.8) is 0 Å². The third-order valence-corrected chi connectivity index (χ3v) is 0.577. The topological polar surface area (TPSA) is 72.2 Å². The van der Waals surface area contributed by atoms with Gasteiger partial charge in [0.2, 0.25) is 0 Å². The fourth-order valence-electron chi connectivity index (χ4n) is 0.269. The van der Waals surface area contributed by atoms with Crippen LogP contribution in [0.3, 0.4) is 0 Å². The summed E-state index contributed by atoms with van der Waals surface area (Å²) in [5.74, 6) is 0. The second-order valence-electron chi connectivity index (χ2n) is 1.27. The van der Waals surface area contributed by atoms with Crippen LogP contribution in [0.25, 0.3) is 0 Å². The maximum Gasteiger partial charge on any atom is 0.161 e. The number of hydrazine groups is 1. The Morgan fingerprint density at radius 3 is 2.50 bits per heavy atom. The summed E-state index contributed by atoms with van der Waals surface area (Å²) in [6.07, 6.45) is 5.63. The summed E-state index contributed by atoms with van der Waals surface area (Å²) in [7, 11) is 0. The molecule has 0 unspecified atom stereocenters. The van der Waals surface area contributed by atoms with Gasteiger partial charge in [-0.15, -0.1) is 5.43 Å². The molecule has 0 aromatic carbocycles. The Labute approximate surface area is 57.2 Å². The minimum Gasteiger partial charge on any atom is -0.299 e. The molecule has 10 heavy (non-hydrogen) atoms. The van der Waals surface area contributed by atoms with E-state index >= 15 is 0 Å². The zero-order valence-corrected chi connectivity index (χ0v) is 5.06. The molecule has 0 bridgehead atoms. The lowest BCUT2D eigenvalue weighted by Crippen LogP contribution is -2.12. The van der Waals surface area contributed by atoms with Gasteiger partial charge in [-0.25, -0.2) is 10.1 Å². The summed E-state index contributed by atoms with van der Waals surface area (Å²) in [6.45, 7) is 0. The lowest BCUT2D eigenvalue weighted by atomic mass is 10.5. The zero-order valence-electron chi connectivity index (χ0n) is 5.06. The molecule has 0 aromatic rings. The van der Waals surface area contributed by atoms with E-state index in [-0.39, 0.29) is 0 Å². The third kappa shape index (κ3) is 6.35. The molecule has 0 spiro atoms. The molecule has 0 rings (SSSR count). The standard InChI is InChI=1S/C5H6N2O3/c8-5-3-1-2-4-6-7(9)10/h1-6H/b3-1+,4-2+. The van der Waals surface area contributed by atoms with Gasteiger partial charge in [0.05, 0.1) is 6.20 Å². The molecular formula is C5H6N2O3. The normalized spacial score (nSPS) is 10.4. The molecule has 54 valence electrons. The fraction of sp³-hybridized carbons (Fsp3) is 0. The van der Waals surface area contributed by atoms with Crippen LogP contribution in [0.15, 0.2) is 24.4 Å². The summed E-state index contributed by atoms with van der Waals surface area (Å²) in [4.78, 5) is 19.2. The largest absolute Gasteiger partial charge is 0.299 e. The average molecular weight is 142 g/mol. The van der Waals surface area contributed by atoms with Crippen LogP contribution in [0, 0.1) is 10.1 Å². The molecule has 5 nitrogen and oxygen atoms in total. The molecule has 0 aliphatic heterocycles. The van der Waals surface area contributed by atoms with E-state index in [1.807, 2.05) is 0 Å². The second kappa shape index (κ2) is 5.49. The molecule has 0 radical (unpaired) electrons. The van der Waals surface area contributed by atoms with E-state index in [4.69, 9.17) is 0 Å². The van der Waals surface area contributed by atoms with E-state index in [0.717, 1.165) is 6.20 Å². The Balaban J connectivity index is 3.46. The van der Waals surface area contributed by atoms with E-state index in [9.17, 15) is 14.9 Å². The predicted molar refractivity (Wildman–Crippen MR) is 34.5 cm³/mol. The first-order valence-electron chi connectivity index (χ1n) is 2.45. The molecule has 0 aliphatic rings. The van der Waals surface area contributed by atoms with E-state index < -0.39 is 5.03 Å². The van der Waals surface area contributed by atoms with Crippen molar-refractivity contribution < 1.29 is 9.83 Å². The van der Waals surface area contributed by atoms with Gasteiger partial charge in [-0.3, -0.25) is 4.79 Å². The molecular weight excluding hydrogens is 136 g/mol. The van der Waals surface area contributed by atoms with Gasteiger partial charge in [0.15, 0.2) is 5.03 Å². The zero-order chi connectivity index (χ0) is 7.82. The van der Waals surface area contributed by atoms with Gasteiger partial charge < -0.3 is 0 Å². The molecule has 0 heterocycles. The first-order chi connectivity index (χ1) is 4.77. The number of aldehydes is 1. The molecule has 0 atom stereocenters. The highest BCUT2D eigenvalue weighted by molar-refractivity contribution is 5.65. The summed E-state index contributed by atoms with van der Waals surface area (Å²) in [5.41, 5.74) is 1.78. The molecule has 0 fully saturated rings. The van der Waals surface area contributed by atoms with E-state index in [2.05, 4.69) is 0 Å². The van der Waals surface area contributed by atoms with Gasteiger partial charge >= 0.3 is 0 Å². The molecule has 0 saturated carbocycles. The second-order valence-corrected chi connectivity index (χ2v) is 1.27. The Bertz CT molecular complexity index is 174. The quantitative estimate of drug-likeness (QED) is 0.198. The van der Waals surface area contributed by atoms with Gasteiger partial charge in [0.1, 0.15) is 6.29 Å². The Hall–Kier alpha value is -1.65. The molecule has 0 saturated heterocycles. The highest BCUT2D eigenvalue weighted by Crippen LogP contribution is 1.70. The molecule has 1 N–H and O–H groups in total. The summed E-state index contributed by atoms with van der Waals surface area (Å²) >= 11 is 0. The van der Waals surface area contributed by atoms with Crippen LogP contribution in [0.4, 0.5) is 0 Å². The van der Waals surface area contributed by atoms with Crippen LogP contribution in [-0.2, 0) is 4.79 Å². The number of allylic oxidation sites excluding steroid dienone is 3. The van der Waals surface area contributed by atoms with Gasteiger partial charge in [-0.05, 0) is 12.2 Å². The summed E-state index contributed by atoms with van der Waals surface area (Å²) in [6, 6.07) is 0. The predicted octanol–water partition coefficient (Wildman–Crippen LogP) is 0.0365. The van der Waals surface area contributed by atoms with Gasteiger partial charge in [0.25, 0.3) is 0 Å². The van der Waals surface area contributed by atoms with Crippen molar-refractivity contribution in [1.29, 1.82) is 0 Å². The van der Waals surface area contributed by atoms with Crippen molar-refractivity contribution in [2.75, 3.05) is 0 Å². The lowest BCUT2D eigenvalue weighted by Gasteiger charge is -1.81. The Morgan fingerprint density at radius 2 is 2.00 bits per heavy atom. The Morgan fingerprint density at radius 1 is 1.30 bits per heavy atom. The van der Waals surface area contributed by atoms with Crippen LogP contribution >= 0.6 is 0 Å². The van der Waals surface area contributed by atoms with Crippen LogP contribution in [0.5, 0.6) is 0 Å². The van der Waals surface area contributed by atoms with E-state index in [1.54, 1.807) is 5.43 Å². The van der Waals surface area contributed by atoms with Crippen LogP contribution < -0.4 is 5.43 Å². The summed E-state index contributed by atoms with van der Waals surface area (Å²) < 4.78 is 0. The Kier molecular flexibility index (Phi) is 4.58. The minimum absolute atomic E-state index is 0.580. The van der Waals surface area contributed by atoms with Crippen molar-refractivity contribution in [3.05, 3.63) is 34.5 Å². The fourth-order valence-corrected chi connectivity index (χ4v) is 0.269. The molecule has 0 aliphatic carbocycles. The highest BCUT2D eigenvalue weighted by Gasteiger charge is 1.80. The lowest BCUT2D eigenvalue weighted by molar-refractivity contribution is -0.532. The van der Waals surface area contributed by atoms with Crippen LogP contribution in [0.1, 0.15) is 0 Å².